The van der Waals surface area contributed by atoms with E-state index in [0.29, 0.717) is 34.9 Å². The van der Waals surface area contributed by atoms with Crippen LogP contribution in [0.3, 0.4) is 0 Å². The van der Waals surface area contributed by atoms with Gasteiger partial charge in [-0.2, -0.15) is 0 Å². The van der Waals surface area contributed by atoms with Gasteiger partial charge in [-0.3, -0.25) is 14.2 Å². The summed E-state index contributed by atoms with van der Waals surface area (Å²) >= 11 is 0. The molecule has 0 aliphatic heterocycles. The van der Waals surface area contributed by atoms with Crippen molar-refractivity contribution in [1.82, 2.24) is 14.9 Å². The largest absolute Gasteiger partial charge is 0.493 e. The standard InChI is InChI=1S/C17H21N3O5/c1-24-13-8-11-12(9-14(13)25-2)19-17(23)20(16(11)22)7-3-4-15(21)18-10-5-6-10/h8-10H,3-7H2,1-2H3,(H,18,21)(H,19,23). The third-order valence-corrected chi connectivity index (χ3v) is 4.21. The van der Waals surface area contributed by atoms with Gasteiger partial charge in [0.15, 0.2) is 11.5 Å². The van der Waals surface area contributed by atoms with Crippen molar-refractivity contribution in [2.24, 2.45) is 0 Å². The lowest BCUT2D eigenvalue weighted by atomic mass is 10.2. The molecule has 0 bridgehead atoms. The molecule has 0 atom stereocenters. The Labute approximate surface area is 143 Å². The number of nitrogens with one attached hydrogen (secondary N) is 2. The van der Waals surface area contributed by atoms with Gasteiger partial charge >= 0.3 is 5.69 Å². The van der Waals surface area contributed by atoms with Crippen molar-refractivity contribution < 1.29 is 14.3 Å². The highest BCUT2D eigenvalue weighted by Gasteiger charge is 2.22. The predicted octanol–water partition coefficient (Wildman–Crippen LogP) is 0.766. The van der Waals surface area contributed by atoms with E-state index in [9.17, 15) is 14.4 Å². The molecule has 2 aromatic rings. The highest BCUT2D eigenvalue weighted by Crippen LogP contribution is 2.29. The van der Waals surface area contributed by atoms with E-state index in [1.807, 2.05) is 0 Å². The molecule has 1 amide bonds. The Bertz CT molecular complexity index is 911. The highest BCUT2D eigenvalue weighted by atomic mass is 16.5. The van der Waals surface area contributed by atoms with E-state index in [-0.39, 0.29) is 18.9 Å². The van der Waals surface area contributed by atoms with Gasteiger partial charge in [-0.05, 0) is 25.3 Å². The Morgan fingerprint density at radius 1 is 1.24 bits per heavy atom. The number of rotatable bonds is 7. The second-order valence-electron chi connectivity index (χ2n) is 6.09. The zero-order valence-corrected chi connectivity index (χ0v) is 14.3. The fourth-order valence-corrected chi connectivity index (χ4v) is 2.71. The number of amides is 1. The first kappa shape index (κ1) is 17.1. The van der Waals surface area contributed by atoms with E-state index in [0.717, 1.165) is 17.4 Å². The van der Waals surface area contributed by atoms with Gasteiger partial charge in [0, 0.05) is 25.1 Å². The minimum atomic E-state index is -0.507. The summed E-state index contributed by atoms with van der Waals surface area (Å²) in [5, 5.41) is 3.22. The summed E-state index contributed by atoms with van der Waals surface area (Å²) in [5.41, 5.74) is -0.537. The van der Waals surface area contributed by atoms with E-state index < -0.39 is 11.2 Å². The first-order valence-corrected chi connectivity index (χ1v) is 8.21. The molecule has 8 nitrogen and oxygen atoms in total. The molecule has 1 heterocycles. The van der Waals surface area contributed by atoms with Crippen LogP contribution in [0, 0.1) is 0 Å². The fraction of sp³-hybridized carbons (Fsp3) is 0.471. The van der Waals surface area contributed by atoms with Gasteiger partial charge in [-0.15, -0.1) is 0 Å². The lowest BCUT2D eigenvalue weighted by molar-refractivity contribution is -0.121. The molecule has 0 unspecified atom stereocenters. The predicted molar refractivity (Wildman–Crippen MR) is 92.3 cm³/mol. The van der Waals surface area contributed by atoms with Gasteiger partial charge in [0.25, 0.3) is 5.56 Å². The van der Waals surface area contributed by atoms with Crippen molar-refractivity contribution in [2.75, 3.05) is 14.2 Å². The van der Waals surface area contributed by atoms with E-state index in [1.165, 1.54) is 14.2 Å². The number of methoxy groups -OCH3 is 2. The maximum Gasteiger partial charge on any atom is 0.328 e. The zero-order valence-electron chi connectivity index (χ0n) is 14.3. The number of fused-ring (bicyclic) bond motifs is 1. The SMILES string of the molecule is COc1cc2[nH]c(=O)n(CCCC(=O)NC3CC3)c(=O)c2cc1OC. The van der Waals surface area contributed by atoms with Crippen molar-refractivity contribution in [3.05, 3.63) is 33.0 Å². The second kappa shape index (κ2) is 7.00. The normalized spacial score (nSPS) is 13.7. The summed E-state index contributed by atoms with van der Waals surface area (Å²) < 4.78 is 11.5. The third kappa shape index (κ3) is 3.67. The van der Waals surface area contributed by atoms with Gasteiger partial charge in [0.1, 0.15) is 0 Å². The summed E-state index contributed by atoms with van der Waals surface area (Å²) in [6, 6.07) is 3.41. The Morgan fingerprint density at radius 2 is 1.92 bits per heavy atom. The van der Waals surface area contributed by atoms with E-state index in [4.69, 9.17) is 9.47 Å². The van der Waals surface area contributed by atoms with Crippen LogP contribution in [0.5, 0.6) is 11.5 Å². The maximum atomic E-state index is 12.6. The number of carbonyl (C=O) groups is 1. The van der Waals surface area contributed by atoms with Crippen LogP contribution in [0.4, 0.5) is 0 Å². The average molecular weight is 347 g/mol. The number of aromatic nitrogens is 2. The number of carbonyl (C=O) groups excluding carboxylic acids is 1. The van der Waals surface area contributed by atoms with Crippen LogP contribution < -0.4 is 26.0 Å². The van der Waals surface area contributed by atoms with Crippen LogP contribution in [0.2, 0.25) is 0 Å². The molecular weight excluding hydrogens is 326 g/mol. The molecule has 3 rings (SSSR count). The third-order valence-electron chi connectivity index (χ3n) is 4.21. The topological polar surface area (TPSA) is 102 Å². The molecule has 0 spiro atoms. The lowest BCUT2D eigenvalue weighted by Gasteiger charge is -2.10. The van der Waals surface area contributed by atoms with Crippen LogP contribution in [0.1, 0.15) is 25.7 Å². The Balaban J connectivity index is 1.83. The Hall–Kier alpha value is -2.77. The Morgan fingerprint density at radius 3 is 2.56 bits per heavy atom. The first-order chi connectivity index (χ1) is 12.0. The Kier molecular flexibility index (Phi) is 4.78. The summed E-state index contributed by atoms with van der Waals surface area (Å²) in [6.07, 6.45) is 2.76. The smallest absolute Gasteiger partial charge is 0.328 e. The maximum absolute atomic E-state index is 12.6. The molecule has 1 aliphatic rings. The molecule has 2 N–H and O–H groups in total. The van der Waals surface area contributed by atoms with Crippen molar-refractivity contribution in [3.63, 3.8) is 0 Å². The summed E-state index contributed by atoms with van der Waals surface area (Å²) in [7, 11) is 2.96. The first-order valence-electron chi connectivity index (χ1n) is 8.21. The van der Waals surface area contributed by atoms with Gasteiger partial charge in [-0.1, -0.05) is 0 Å². The molecular formula is C17H21N3O5. The molecule has 1 aromatic heterocycles. The number of hydrogen-bond donors (Lipinski definition) is 2. The van der Waals surface area contributed by atoms with Crippen LogP contribution in [0.15, 0.2) is 21.7 Å². The van der Waals surface area contributed by atoms with Crippen molar-refractivity contribution in [1.29, 1.82) is 0 Å². The second-order valence-corrected chi connectivity index (χ2v) is 6.09. The quantitative estimate of drug-likeness (QED) is 0.770. The zero-order chi connectivity index (χ0) is 18.0. The lowest BCUT2D eigenvalue weighted by Crippen LogP contribution is -2.35. The number of aromatic amines is 1. The summed E-state index contributed by atoms with van der Waals surface area (Å²) in [5.74, 6) is 0.799. The van der Waals surface area contributed by atoms with Gasteiger partial charge in [-0.25, -0.2) is 4.79 Å². The minimum absolute atomic E-state index is 0.0424. The van der Waals surface area contributed by atoms with E-state index in [2.05, 4.69) is 10.3 Å². The van der Waals surface area contributed by atoms with Crippen LogP contribution in [-0.4, -0.2) is 35.7 Å². The number of H-pyrrole nitrogens is 1. The number of ether oxygens (including phenoxy) is 2. The van der Waals surface area contributed by atoms with Gasteiger partial charge in [0.05, 0.1) is 25.1 Å². The number of nitrogens with zero attached hydrogens (tertiary/aromatic N) is 1. The molecule has 1 saturated carbocycles. The summed E-state index contributed by atoms with van der Waals surface area (Å²) in [4.78, 5) is 39.2. The molecule has 1 aromatic carbocycles. The molecule has 25 heavy (non-hydrogen) atoms. The van der Waals surface area contributed by atoms with E-state index in [1.54, 1.807) is 12.1 Å². The molecule has 1 fully saturated rings. The molecule has 134 valence electrons. The van der Waals surface area contributed by atoms with Crippen molar-refractivity contribution >= 4 is 16.8 Å². The average Bonchev–Trinajstić information content (AvgIpc) is 3.40. The van der Waals surface area contributed by atoms with Gasteiger partial charge < -0.3 is 19.8 Å². The van der Waals surface area contributed by atoms with Crippen molar-refractivity contribution in [3.8, 4) is 11.5 Å². The fourth-order valence-electron chi connectivity index (χ4n) is 2.71. The van der Waals surface area contributed by atoms with Crippen LogP contribution in [-0.2, 0) is 11.3 Å². The minimum Gasteiger partial charge on any atom is -0.493 e. The molecule has 1 aliphatic carbocycles. The molecule has 8 heteroatoms. The van der Waals surface area contributed by atoms with E-state index >= 15 is 0 Å². The number of benzene rings is 1. The van der Waals surface area contributed by atoms with Crippen LogP contribution in [0.25, 0.3) is 10.9 Å². The molecule has 0 radical (unpaired) electrons. The highest BCUT2D eigenvalue weighted by molar-refractivity contribution is 5.81. The monoisotopic (exact) mass is 347 g/mol. The van der Waals surface area contributed by atoms with Gasteiger partial charge in [0.2, 0.25) is 5.91 Å². The van der Waals surface area contributed by atoms with Crippen molar-refractivity contribution in [2.45, 2.75) is 38.3 Å². The number of hydrogen-bond acceptors (Lipinski definition) is 5. The molecule has 0 saturated heterocycles. The van der Waals surface area contributed by atoms with Crippen LogP contribution >= 0.6 is 0 Å². The summed E-state index contributed by atoms with van der Waals surface area (Å²) in [6.45, 7) is 0.177.